The Balaban J connectivity index is 1.48. The van der Waals surface area contributed by atoms with Crippen molar-refractivity contribution in [2.45, 2.75) is 96.2 Å². The first-order valence-corrected chi connectivity index (χ1v) is 15.3. The third-order valence-electron chi connectivity index (χ3n) is 7.35. The molecular formula is C34H46O8. The zero-order valence-corrected chi connectivity index (χ0v) is 25.1. The maximum absolute atomic E-state index is 12.7. The van der Waals surface area contributed by atoms with Crippen LogP contribution in [0.5, 0.6) is 11.5 Å². The largest absolute Gasteiger partial charge is 0.494 e. The fourth-order valence-electron chi connectivity index (χ4n) is 4.60. The molecule has 0 aromatic heterocycles. The molecule has 2 aromatic carbocycles. The van der Waals surface area contributed by atoms with Crippen molar-refractivity contribution in [3.05, 3.63) is 73.5 Å². The van der Waals surface area contributed by atoms with Crippen LogP contribution in [0.1, 0.15) is 105 Å². The Morgan fingerprint density at radius 2 is 1.26 bits per heavy atom. The van der Waals surface area contributed by atoms with Crippen LogP contribution >= 0.6 is 0 Å². The molecule has 0 aliphatic heterocycles. The maximum atomic E-state index is 12.7. The number of carbonyl (C=O) groups excluding carboxylic acids is 2. The predicted molar refractivity (Wildman–Crippen MR) is 160 cm³/mol. The van der Waals surface area contributed by atoms with Crippen molar-refractivity contribution in [1.82, 2.24) is 0 Å². The first kappa shape index (κ1) is 33.4. The van der Waals surface area contributed by atoms with Crippen molar-refractivity contribution in [3.63, 3.8) is 0 Å². The molecule has 1 fully saturated rings. The van der Waals surface area contributed by atoms with Crippen LogP contribution in [-0.2, 0) is 19.6 Å². The van der Waals surface area contributed by atoms with Gasteiger partial charge < -0.3 is 9.47 Å². The van der Waals surface area contributed by atoms with E-state index in [1.807, 2.05) is 0 Å². The molecule has 0 spiro atoms. The van der Waals surface area contributed by atoms with Gasteiger partial charge in [-0.2, -0.15) is 9.78 Å². The highest BCUT2D eigenvalue weighted by Crippen LogP contribution is 2.37. The molecule has 0 N–H and O–H groups in total. The second-order valence-electron chi connectivity index (χ2n) is 11.0. The smallest absolute Gasteiger partial charge is 0.373 e. The van der Waals surface area contributed by atoms with Gasteiger partial charge in [-0.25, -0.2) is 9.59 Å². The molecule has 0 amide bonds. The molecule has 1 saturated carbocycles. The van der Waals surface area contributed by atoms with Crippen molar-refractivity contribution >= 4 is 11.9 Å². The molecule has 3 atom stereocenters. The van der Waals surface area contributed by atoms with Gasteiger partial charge in [0.2, 0.25) is 0 Å². The van der Waals surface area contributed by atoms with E-state index in [1.54, 1.807) is 48.5 Å². The first-order valence-electron chi connectivity index (χ1n) is 15.3. The lowest BCUT2D eigenvalue weighted by Crippen LogP contribution is -2.48. The average Bonchev–Trinajstić information content (AvgIpc) is 3.01. The lowest BCUT2D eigenvalue weighted by Gasteiger charge is -2.39. The monoisotopic (exact) mass is 582 g/mol. The fraction of sp³-hybridized carbons (Fsp3) is 0.529. The molecule has 42 heavy (non-hydrogen) atoms. The first-order chi connectivity index (χ1) is 20.3. The minimum Gasteiger partial charge on any atom is -0.494 e. The molecule has 0 bridgehead atoms. The van der Waals surface area contributed by atoms with Gasteiger partial charge in [0.05, 0.1) is 24.3 Å². The molecule has 8 nitrogen and oxygen atoms in total. The summed E-state index contributed by atoms with van der Waals surface area (Å²) in [6.07, 6.45) is 9.65. The van der Waals surface area contributed by atoms with E-state index in [9.17, 15) is 9.59 Å². The molecule has 1 aliphatic carbocycles. The zero-order chi connectivity index (χ0) is 30.2. The van der Waals surface area contributed by atoms with Crippen LogP contribution < -0.4 is 9.47 Å². The summed E-state index contributed by atoms with van der Waals surface area (Å²) < 4.78 is 11.5. The van der Waals surface area contributed by atoms with Crippen LogP contribution in [0.25, 0.3) is 0 Å². The van der Waals surface area contributed by atoms with Gasteiger partial charge in [-0.05, 0) is 93.5 Å². The van der Waals surface area contributed by atoms with Crippen LogP contribution in [0.3, 0.4) is 0 Å². The van der Waals surface area contributed by atoms with Crippen molar-refractivity contribution in [1.29, 1.82) is 0 Å². The van der Waals surface area contributed by atoms with Gasteiger partial charge in [-0.3, -0.25) is 9.78 Å². The van der Waals surface area contributed by atoms with E-state index < -0.39 is 23.6 Å². The van der Waals surface area contributed by atoms with Crippen LogP contribution in [0.15, 0.2) is 48.5 Å². The fourth-order valence-corrected chi connectivity index (χ4v) is 4.60. The van der Waals surface area contributed by atoms with Gasteiger partial charge in [-0.1, -0.05) is 59.3 Å². The van der Waals surface area contributed by atoms with Crippen molar-refractivity contribution in [3.8, 4) is 11.5 Å². The number of hydrogen-bond donors (Lipinski definition) is 0. The van der Waals surface area contributed by atoms with Crippen LogP contribution in [-0.4, -0.2) is 36.9 Å². The number of hydrogen-bond acceptors (Lipinski definition) is 8. The van der Waals surface area contributed by atoms with E-state index in [1.165, 1.54) is 25.7 Å². The molecule has 0 heterocycles. The molecular weight excluding hydrogens is 536 g/mol. The molecule has 2 radical (unpaired) electrons. The Hall–Kier alpha value is -3.10. The lowest BCUT2D eigenvalue weighted by atomic mass is 9.78. The molecule has 0 saturated heterocycles. The van der Waals surface area contributed by atoms with E-state index in [0.29, 0.717) is 55.1 Å². The lowest BCUT2D eigenvalue weighted by molar-refractivity contribution is -0.380. The van der Waals surface area contributed by atoms with Crippen LogP contribution in [0, 0.1) is 19.8 Å². The third kappa shape index (κ3) is 11.0. The maximum Gasteiger partial charge on any atom is 0.373 e. The van der Waals surface area contributed by atoms with Crippen molar-refractivity contribution in [2.75, 3.05) is 13.2 Å². The third-order valence-corrected chi connectivity index (χ3v) is 7.35. The summed E-state index contributed by atoms with van der Waals surface area (Å²) in [6, 6.07) is 13.4. The Bertz CT molecular complexity index is 1070. The molecule has 1 aliphatic rings. The normalized spacial score (nSPS) is 20.1. The minimum atomic E-state index is -1.28. The number of unbranched alkanes of at least 4 members (excludes halogenated alkanes) is 6. The quantitative estimate of drug-likeness (QED) is 0.0991. The topological polar surface area (TPSA) is 89.5 Å². The summed E-state index contributed by atoms with van der Waals surface area (Å²) in [5, 5.41) is 0. The second-order valence-corrected chi connectivity index (χ2v) is 11.0. The standard InChI is InChI=1S/C34H46O8/c1-5-7-9-11-23-37-29-17-13-27(14-18-29)32(35)40-39-31-25-26(3)21-22-34(31,4)42-41-33(36)28-15-19-30(20-16-28)38-24-12-10-8-6-2/h13-20,26,31H,3-12,21-25H2,1-2H3. The molecule has 230 valence electrons. The van der Waals surface area contributed by atoms with E-state index in [-0.39, 0.29) is 5.92 Å². The van der Waals surface area contributed by atoms with Gasteiger partial charge >= 0.3 is 11.9 Å². The highest BCUT2D eigenvalue weighted by Gasteiger charge is 2.45. The summed E-state index contributed by atoms with van der Waals surface area (Å²) in [5.74, 6) is 0.0699. The Morgan fingerprint density at radius 3 is 1.76 bits per heavy atom. The van der Waals surface area contributed by atoms with Crippen molar-refractivity contribution in [2.24, 2.45) is 5.92 Å². The summed E-state index contributed by atoms with van der Waals surface area (Å²) in [4.78, 5) is 46.7. The van der Waals surface area contributed by atoms with Gasteiger partial charge in [0.1, 0.15) is 23.2 Å². The summed E-state index contributed by atoms with van der Waals surface area (Å²) >= 11 is 0. The number of rotatable bonds is 18. The van der Waals surface area contributed by atoms with Gasteiger partial charge in [-0.15, -0.1) is 0 Å². The zero-order valence-electron chi connectivity index (χ0n) is 25.1. The average molecular weight is 583 g/mol. The predicted octanol–water partition coefficient (Wildman–Crippen LogP) is 8.06. The Kier molecular flexibility index (Phi) is 14.1. The molecule has 3 unspecified atom stereocenters. The van der Waals surface area contributed by atoms with E-state index in [4.69, 9.17) is 29.0 Å². The van der Waals surface area contributed by atoms with Gasteiger partial charge in [0.25, 0.3) is 0 Å². The van der Waals surface area contributed by atoms with Crippen molar-refractivity contribution < 1.29 is 38.6 Å². The minimum absolute atomic E-state index is 0.0335. The second kappa shape index (κ2) is 17.8. The van der Waals surface area contributed by atoms with Crippen LogP contribution in [0.4, 0.5) is 0 Å². The van der Waals surface area contributed by atoms with Gasteiger partial charge in [0, 0.05) is 0 Å². The van der Waals surface area contributed by atoms with Crippen LogP contribution in [0.2, 0.25) is 0 Å². The SMILES string of the molecule is [CH2]C1CCC([CH2])(OOC(=O)c2ccc(OCCCCCC)cc2)C(OOC(=O)c2ccc(OCCCCCC)cc2)C1. The highest BCUT2D eigenvalue weighted by molar-refractivity contribution is 5.89. The number of carbonyl (C=O) groups is 2. The molecule has 2 aromatic rings. The van der Waals surface area contributed by atoms with E-state index >= 15 is 0 Å². The van der Waals surface area contributed by atoms with E-state index in [2.05, 4.69) is 27.7 Å². The van der Waals surface area contributed by atoms with Gasteiger partial charge in [0.15, 0.2) is 0 Å². The number of ether oxygens (including phenoxy) is 2. The summed E-state index contributed by atoms with van der Waals surface area (Å²) in [6.45, 7) is 13.8. The molecule has 3 rings (SSSR count). The molecule has 8 heteroatoms. The number of benzene rings is 2. The highest BCUT2D eigenvalue weighted by atomic mass is 17.2. The Morgan fingerprint density at radius 1 is 0.762 bits per heavy atom. The van der Waals surface area contributed by atoms with E-state index in [0.717, 1.165) is 25.7 Å². The summed E-state index contributed by atoms with van der Waals surface area (Å²) in [5.41, 5.74) is -0.660. The summed E-state index contributed by atoms with van der Waals surface area (Å²) in [7, 11) is 0. The Labute approximate surface area is 250 Å².